The normalized spacial score (nSPS) is 16.2. The van der Waals surface area contributed by atoms with Gasteiger partial charge in [0.15, 0.2) is 0 Å². The molecule has 2 amide bonds. The van der Waals surface area contributed by atoms with Crippen molar-refractivity contribution in [3.8, 4) is 0 Å². The first-order valence-corrected chi connectivity index (χ1v) is 11.8. The average Bonchev–Trinajstić information content (AvgIpc) is 3.20. The lowest BCUT2D eigenvalue weighted by molar-refractivity contribution is -0.137. The minimum Gasteiger partial charge on any atom is -0.322 e. The Morgan fingerprint density at radius 1 is 1.03 bits per heavy atom. The van der Waals surface area contributed by atoms with Gasteiger partial charge in [-0.1, -0.05) is 38.1 Å². The van der Waals surface area contributed by atoms with E-state index in [1.165, 1.54) is 17.3 Å². The number of rotatable bonds is 5. The van der Waals surface area contributed by atoms with Gasteiger partial charge in [-0.15, -0.1) is 11.8 Å². The Morgan fingerprint density at radius 3 is 2.32 bits per heavy atom. The number of hydrogen-bond donors (Lipinski definition) is 1. The molecule has 1 atom stereocenters. The Bertz CT molecular complexity index is 1190. The van der Waals surface area contributed by atoms with Crippen LogP contribution in [0.5, 0.6) is 0 Å². The Labute approximate surface area is 200 Å². The van der Waals surface area contributed by atoms with Gasteiger partial charge in [0.2, 0.25) is 5.91 Å². The molecule has 4 nitrogen and oxygen atoms in total. The summed E-state index contributed by atoms with van der Waals surface area (Å²) in [6.07, 6.45) is -4.46. The maximum Gasteiger partial charge on any atom is 0.416 e. The summed E-state index contributed by atoms with van der Waals surface area (Å²) in [7, 11) is 0. The minimum atomic E-state index is -4.46. The van der Waals surface area contributed by atoms with Gasteiger partial charge in [0.1, 0.15) is 5.37 Å². The number of alkyl halides is 3. The van der Waals surface area contributed by atoms with Gasteiger partial charge < -0.3 is 5.32 Å². The fraction of sp³-hybridized carbons (Fsp3) is 0.231. The molecule has 3 aromatic carbocycles. The SMILES string of the molecule is CC(C)c1ccc(N2C(=O)CS[C@H]2c2cccc(NC(=O)c3ccc(C(F)(F)F)cc3)c2)cc1. The number of benzene rings is 3. The number of nitrogens with zero attached hydrogens (tertiary/aromatic N) is 1. The summed E-state index contributed by atoms with van der Waals surface area (Å²) >= 11 is 1.50. The molecule has 1 aliphatic rings. The highest BCUT2D eigenvalue weighted by Crippen LogP contribution is 2.42. The lowest BCUT2D eigenvalue weighted by atomic mass is 10.0. The van der Waals surface area contributed by atoms with Crippen LogP contribution < -0.4 is 10.2 Å². The van der Waals surface area contributed by atoms with Crippen molar-refractivity contribution in [2.45, 2.75) is 31.3 Å². The molecule has 8 heteroatoms. The zero-order chi connectivity index (χ0) is 24.5. The van der Waals surface area contributed by atoms with Gasteiger partial charge in [0.05, 0.1) is 11.3 Å². The van der Waals surface area contributed by atoms with E-state index in [1.807, 2.05) is 30.3 Å². The molecule has 34 heavy (non-hydrogen) atoms. The summed E-state index contributed by atoms with van der Waals surface area (Å²) in [6.45, 7) is 4.22. The number of hydrogen-bond acceptors (Lipinski definition) is 3. The summed E-state index contributed by atoms with van der Waals surface area (Å²) in [5.74, 6) is 0.228. The summed E-state index contributed by atoms with van der Waals surface area (Å²) in [4.78, 5) is 27.0. The molecule has 0 aliphatic carbocycles. The van der Waals surface area contributed by atoms with Gasteiger partial charge in [-0.2, -0.15) is 13.2 Å². The topological polar surface area (TPSA) is 49.4 Å². The zero-order valence-corrected chi connectivity index (χ0v) is 19.4. The summed E-state index contributed by atoms with van der Waals surface area (Å²) in [5, 5.41) is 2.48. The van der Waals surface area contributed by atoms with Crippen LogP contribution in [0.15, 0.2) is 72.8 Å². The van der Waals surface area contributed by atoms with E-state index < -0.39 is 17.6 Å². The van der Waals surface area contributed by atoms with Crippen molar-refractivity contribution in [1.82, 2.24) is 0 Å². The molecule has 0 unspecified atom stereocenters. The predicted molar refractivity (Wildman–Crippen MR) is 129 cm³/mol. The minimum absolute atomic E-state index is 0.00601. The van der Waals surface area contributed by atoms with Crippen LogP contribution in [-0.4, -0.2) is 17.6 Å². The lowest BCUT2D eigenvalue weighted by Crippen LogP contribution is -2.27. The number of amides is 2. The van der Waals surface area contributed by atoms with E-state index in [0.717, 1.165) is 35.5 Å². The van der Waals surface area contributed by atoms with E-state index >= 15 is 0 Å². The Morgan fingerprint density at radius 2 is 1.71 bits per heavy atom. The molecule has 0 aromatic heterocycles. The maximum absolute atomic E-state index is 12.8. The van der Waals surface area contributed by atoms with Crippen molar-refractivity contribution in [2.75, 3.05) is 16.0 Å². The summed E-state index contributed by atoms with van der Waals surface area (Å²) < 4.78 is 38.3. The Hall–Kier alpha value is -3.26. The van der Waals surface area contributed by atoms with Gasteiger partial charge in [-0.05, 0) is 65.6 Å². The Balaban J connectivity index is 1.53. The number of thioether (sulfide) groups is 1. The highest BCUT2D eigenvalue weighted by Gasteiger charge is 2.34. The fourth-order valence-corrected chi connectivity index (χ4v) is 4.92. The fourth-order valence-electron chi connectivity index (χ4n) is 3.75. The molecule has 4 rings (SSSR count). The number of anilines is 2. The molecule has 1 heterocycles. The molecule has 3 aromatic rings. The van der Waals surface area contributed by atoms with E-state index in [1.54, 1.807) is 23.1 Å². The van der Waals surface area contributed by atoms with E-state index in [0.29, 0.717) is 17.4 Å². The second kappa shape index (κ2) is 9.54. The van der Waals surface area contributed by atoms with Crippen molar-refractivity contribution in [1.29, 1.82) is 0 Å². The van der Waals surface area contributed by atoms with Crippen molar-refractivity contribution >= 4 is 35.0 Å². The molecule has 0 bridgehead atoms. The van der Waals surface area contributed by atoms with E-state index in [9.17, 15) is 22.8 Å². The van der Waals surface area contributed by atoms with Crippen LogP contribution in [-0.2, 0) is 11.0 Å². The molecule has 1 N–H and O–H groups in total. The smallest absolute Gasteiger partial charge is 0.322 e. The predicted octanol–water partition coefficient (Wildman–Crippen LogP) is 6.86. The van der Waals surface area contributed by atoms with Crippen LogP contribution >= 0.6 is 11.8 Å². The summed E-state index contributed by atoms with van der Waals surface area (Å²) in [5.41, 5.74) is 2.65. The Kier molecular flexibility index (Phi) is 6.70. The molecule has 0 saturated carbocycles. The number of carbonyl (C=O) groups is 2. The molecule has 1 aliphatic heterocycles. The second-order valence-corrected chi connectivity index (χ2v) is 9.40. The first kappa shape index (κ1) is 23.9. The third kappa shape index (κ3) is 5.12. The van der Waals surface area contributed by atoms with Crippen LogP contribution in [0.4, 0.5) is 24.5 Å². The lowest BCUT2D eigenvalue weighted by Gasteiger charge is -2.25. The van der Waals surface area contributed by atoms with Gasteiger partial charge in [0, 0.05) is 16.9 Å². The zero-order valence-electron chi connectivity index (χ0n) is 18.6. The molecular weight excluding hydrogens is 461 g/mol. The largest absolute Gasteiger partial charge is 0.416 e. The van der Waals surface area contributed by atoms with Gasteiger partial charge >= 0.3 is 6.18 Å². The number of halogens is 3. The third-order valence-electron chi connectivity index (χ3n) is 5.61. The third-order valence-corrected chi connectivity index (χ3v) is 6.82. The number of carbonyl (C=O) groups excluding carboxylic acids is 2. The van der Waals surface area contributed by atoms with Crippen LogP contribution in [0.1, 0.15) is 52.2 Å². The van der Waals surface area contributed by atoms with E-state index in [-0.39, 0.29) is 16.8 Å². The number of nitrogens with one attached hydrogen (secondary N) is 1. The monoisotopic (exact) mass is 484 g/mol. The van der Waals surface area contributed by atoms with Crippen molar-refractivity contribution < 1.29 is 22.8 Å². The molecule has 1 saturated heterocycles. The first-order chi connectivity index (χ1) is 16.1. The molecule has 1 fully saturated rings. The van der Waals surface area contributed by atoms with Crippen LogP contribution in [0.2, 0.25) is 0 Å². The molecule has 176 valence electrons. The van der Waals surface area contributed by atoms with E-state index in [4.69, 9.17) is 0 Å². The van der Waals surface area contributed by atoms with Crippen molar-refractivity contribution in [3.05, 3.63) is 95.1 Å². The van der Waals surface area contributed by atoms with Crippen LogP contribution in [0, 0.1) is 0 Å². The highest BCUT2D eigenvalue weighted by atomic mass is 32.2. The maximum atomic E-state index is 12.8. The van der Waals surface area contributed by atoms with Crippen LogP contribution in [0.3, 0.4) is 0 Å². The van der Waals surface area contributed by atoms with Crippen molar-refractivity contribution in [3.63, 3.8) is 0 Å². The first-order valence-electron chi connectivity index (χ1n) is 10.8. The van der Waals surface area contributed by atoms with Gasteiger partial charge in [-0.3, -0.25) is 14.5 Å². The molecule has 0 radical (unpaired) electrons. The molecule has 0 spiro atoms. The van der Waals surface area contributed by atoms with Crippen molar-refractivity contribution in [2.24, 2.45) is 0 Å². The standard InChI is InChI=1S/C26H23F3N2O2S/c1-16(2)17-8-12-22(13-9-17)31-23(32)15-34-25(31)19-4-3-5-21(14-19)30-24(33)18-6-10-20(11-7-18)26(27,28)29/h3-14,16,25H,15H2,1-2H3,(H,30,33)/t25-/m0/s1. The second-order valence-electron chi connectivity index (χ2n) is 8.33. The average molecular weight is 485 g/mol. The summed E-state index contributed by atoms with van der Waals surface area (Å²) in [6, 6.07) is 19.2. The van der Waals surface area contributed by atoms with Crippen LogP contribution in [0.25, 0.3) is 0 Å². The van der Waals surface area contributed by atoms with Gasteiger partial charge in [-0.25, -0.2) is 0 Å². The highest BCUT2D eigenvalue weighted by molar-refractivity contribution is 8.00. The molecular formula is C26H23F3N2O2S. The van der Waals surface area contributed by atoms with Gasteiger partial charge in [0.25, 0.3) is 5.91 Å². The quantitative estimate of drug-likeness (QED) is 0.430. The van der Waals surface area contributed by atoms with E-state index in [2.05, 4.69) is 19.2 Å².